The number of aryl methyl sites for hydroxylation is 1. The molecule has 1 aliphatic rings. The maximum absolute atomic E-state index is 9.29. The van der Waals surface area contributed by atoms with E-state index in [1.807, 2.05) is 0 Å². The zero-order valence-electron chi connectivity index (χ0n) is 16.9. The highest BCUT2D eigenvalue weighted by atomic mass is 32.1. The van der Waals surface area contributed by atoms with Crippen LogP contribution in [0.15, 0.2) is 40.7 Å². The number of aliphatic hydroxyl groups is 1. The quantitative estimate of drug-likeness (QED) is 0.492. The van der Waals surface area contributed by atoms with Crippen LogP contribution < -0.4 is 15.5 Å². The van der Waals surface area contributed by atoms with Crippen molar-refractivity contribution in [2.75, 3.05) is 31.1 Å². The molecule has 2 heterocycles. The van der Waals surface area contributed by atoms with Gasteiger partial charge in [0, 0.05) is 36.8 Å². The van der Waals surface area contributed by atoms with E-state index in [9.17, 15) is 5.11 Å². The number of hydrogen-bond acceptors (Lipinski definition) is 4. The molecule has 0 saturated carbocycles. The standard InChI is InChI=1S/C22H32N4OS/c1-3-23-22(25-15-21-17(2)10-13-28-21)24-14-18-4-6-20(7-5-18)26-11-8-19(16-27)9-12-26/h4-7,10,13,19,27H,3,8-9,11-12,14-16H2,1-2H3,(H2,23,24,25). The van der Waals surface area contributed by atoms with Gasteiger partial charge in [-0.2, -0.15) is 0 Å². The van der Waals surface area contributed by atoms with Gasteiger partial charge in [-0.25, -0.2) is 4.99 Å². The van der Waals surface area contributed by atoms with Gasteiger partial charge < -0.3 is 20.6 Å². The van der Waals surface area contributed by atoms with Gasteiger partial charge in [0.05, 0.1) is 13.1 Å². The van der Waals surface area contributed by atoms with Crippen LogP contribution >= 0.6 is 11.3 Å². The molecule has 1 saturated heterocycles. The molecule has 3 N–H and O–H groups in total. The maximum Gasteiger partial charge on any atom is 0.191 e. The Balaban J connectivity index is 1.54. The van der Waals surface area contributed by atoms with Gasteiger partial charge in [0.2, 0.25) is 0 Å². The first-order valence-electron chi connectivity index (χ1n) is 10.2. The lowest BCUT2D eigenvalue weighted by Crippen LogP contribution is -2.36. The fraction of sp³-hybridized carbons (Fsp3) is 0.500. The van der Waals surface area contributed by atoms with Crippen molar-refractivity contribution >= 4 is 23.0 Å². The van der Waals surface area contributed by atoms with Gasteiger partial charge >= 0.3 is 0 Å². The topological polar surface area (TPSA) is 59.9 Å². The van der Waals surface area contributed by atoms with E-state index >= 15 is 0 Å². The Morgan fingerprint density at radius 2 is 1.93 bits per heavy atom. The highest BCUT2D eigenvalue weighted by Crippen LogP contribution is 2.23. The minimum Gasteiger partial charge on any atom is -0.396 e. The summed E-state index contributed by atoms with van der Waals surface area (Å²) in [4.78, 5) is 8.49. The fourth-order valence-electron chi connectivity index (χ4n) is 3.45. The van der Waals surface area contributed by atoms with E-state index in [4.69, 9.17) is 4.99 Å². The average molecular weight is 401 g/mol. The van der Waals surface area contributed by atoms with Gasteiger partial charge in [-0.1, -0.05) is 12.1 Å². The first kappa shape index (κ1) is 20.7. The third-order valence-electron chi connectivity index (χ3n) is 5.32. The van der Waals surface area contributed by atoms with E-state index in [0.717, 1.165) is 45.0 Å². The minimum atomic E-state index is 0.318. The molecule has 0 aliphatic carbocycles. The third-order valence-corrected chi connectivity index (χ3v) is 6.35. The molecular formula is C22H32N4OS. The summed E-state index contributed by atoms with van der Waals surface area (Å²) >= 11 is 1.78. The number of nitrogens with one attached hydrogen (secondary N) is 2. The Hall–Kier alpha value is -2.05. The largest absolute Gasteiger partial charge is 0.396 e. The normalized spacial score (nSPS) is 15.7. The highest BCUT2D eigenvalue weighted by Gasteiger charge is 2.18. The van der Waals surface area contributed by atoms with Crippen LogP contribution in [0.3, 0.4) is 0 Å². The number of nitrogens with zero attached hydrogens (tertiary/aromatic N) is 2. The molecule has 2 aromatic rings. The molecular weight excluding hydrogens is 368 g/mol. The smallest absolute Gasteiger partial charge is 0.191 e. The first-order valence-corrected chi connectivity index (χ1v) is 11.1. The van der Waals surface area contributed by atoms with Crippen molar-refractivity contribution in [1.29, 1.82) is 0 Å². The molecule has 1 aromatic carbocycles. The summed E-state index contributed by atoms with van der Waals surface area (Å²) in [5.74, 6) is 1.32. The molecule has 1 aliphatic heterocycles. The molecule has 0 unspecified atom stereocenters. The Kier molecular flexibility index (Phi) is 7.74. The van der Waals surface area contributed by atoms with Crippen LogP contribution in [0.2, 0.25) is 0 Å². The molecule has 0 amide bonds. The lowest BCUT2D eigenvalue weighted by Gasteiger charge is -2.32. The van der Waals surface area contributed by atoms with Crippen molar-refractivity contribution in [3.8, 4) is 0 Å². The predicted molar refractivity (Wildman–Crippen MR) is 119 cm³/mol. The first-order chi connectivity index (χ1) is 13.7. The van der Waals surface area contributed by atoms with E-state index < -0.39 is 0 Å². The van der Waals surface area contributed by atoms with Gasteiger partial charge in [-0.05, 0) is 67.3 Å². The minimum absolute atomic E-state index is 0.318. The van der Waals surface area contributed by atoms with Gasteiger partial charge in [0.15, 0.2) is 5.96 Å². The monoisotopic (exact) mass is 400 g/mol. The van der Waals surface area contributed by atoms with Crippen LogP contribution in [-0.2, 0) is 13.1 Å². The predicted octanol–water partition coefficient (Wildman–Crippen LogP) is 3.52. The number of aliphatic hydroxyl groups excluding tert-OH is 1. The zero-order chi connectivity index (χ0) is 19.8. The zero-order valence-corrected chi connectivity index (χ0v) is 17.8. The summed E-state index contributed by atoms with van der Waals surface area (Å²) in [5.41, 5.74) is 3.80. The molecule has 0 radical (unpaired) electrons. The summed E-state index contributed by atoms with van der Waals surface area (Å²) in [6, 6.07) is 10.9. The Labute approximate surface area is 172 Å². The van der Waals surface area contributed by atoms with Crippen molar-refractivity contribution in [1.82, 2.24) is 10.6 Å². The second-order valence-corrected chi connectivity index (χ2v) is 8.36. The van der Waals surface area contributed by atoms with Crippen molar-refractivity contribution in [3.63, 3.8) is 0 Å². The molecule has 0 atom stereocenters. The van der Waals surface area contributed by atoms with E-state index in [-0.39, 0.29) is 0 Å². The SMILES string of the molecule is CCNC(=NCc1ccc(N2CCC(CO)CC2)cc1)NCc1sccc1C. The van der Waals surface area contributed by atoms with E-state index in [1.54, 1.807) is 11.3 Å². The molecule has 1 aromatic heterocycles. The Morgan fingerprint density at radius 3 is 2.54 bits per heavy atom. The molecule has 28 heavy (non-hydrogen) atoms. The van der Waals surface area contributed by atoms with Gasteiger partial charge in [0.1, 0.15) is 0 Å². The van der Waals surface area contributed by atoms with Crippen LogP contribution in [0.1, 0.15) is 35.8 Å². The summed E-state index contributed by atoms with van der Waals surface area (Å²) in [5, 5.41) is 18.2. The van der Waals surface area contributed by atoms with Crippen molar-refractivity contribution < 1.29 is 5.11 Å². The lowest BCUT2D eigenvalue weighted by atomic mass is 9.97. The molecule has 0 bridgehead atoms. The number of thiophene rings is 1. The maximum atomic E-state index is 9.29. The summed E-state index contributed by atoms with van der Waals surface area (Å²) in [6.07, 6.45) is 2.15. The summed E-state index contributed by atoms with van der Waals surface area (Å²) in [7, 11) is 0. The number of benzene rings is 1. The number of piperidine rings is 1. The Bertz CT molecular complexity index is 748. The third kappa shape index (κ3) is 5.72. The number of guanidine groups is 1. The van der Waals surface area contributed by atoms with Crippen molar-refractivity contribution in [2.24, 2.45) is 10.9 Å². The van der Waals surface area contributed by atoms with Crippen LogP contribution in [0, 0.1) is 12.8 Å². The molecule has 0 spiro atoms. The number of aliphatic imine (C=N–C) groups is 1. The van der Waals surface area contributed by atoms with Gasteiger partial charge in [0.25, 0.3) is 0 Å². The van der Waals surface area contributed by atoms with Crippen molar-refractivity contribution in [3.05, 3.63) is 51.7 Å². The second kappa shape index (κ2) is 10.5. The highest BCUT2D eigenvalue weighted by molar-refractivity contribution is 7.10. The van der Waals surface area contributed by atoms with E-state index in [0.29, 0.717) is 19.1 Å². The number of hydrogen-bond donors (Lipinski definition) is 3. The van der Waals surface area contributed by atoms with Crippen molar-refractivity contribution in [2.45, 2.75) is 39.8 Å². The average Bonchev–Trinajstić information content (AvgIpc) is 3.15. The summed E-state index contributed by atoms with van der Waals surface area (Å²) in [6.45, 7) is 8.91. The summed E-state index contributed by atoms with van der Waals surface area (Å²) < 4.78 is 0. The van der Waals surface area contributed by atoms with Crippen LogP contribution in [-0.4, -0.2) is 37.3 Å². The van der Waals surface area contributed by atoms with E-state index in [1.165, 1.54) is 21.7 Å². The number of anilines is 1. The molecule has 3 rings (SSSR count). The molecule has 152 valence electrons. The van der Waals surface area contributed by atoms with Crippen LogP contribution in [0.4, 0.5) is 5.69 Å². The molecule has 1 fully saturated rings. The van der Waals surface area contributed by atoms with Crippen LogP contribution in [0.25, 0.3) is 0 Å². The van der Waals surface area contributed by atoms with Crippen LogP contribution in [0.5, 0.6) is 0 Å². The molecule has 6 heteroatoms. The van der Waals surface area contributed by atoms with Gasteiger partial charge in [-0.3, -0.25) is 0 Å². The Morgan fingerprint density at radius 1 is 1.18 bits per heavy atom. The van der Waals surface area contributed by atoms with E-state index in [2.05, 4.69) is 65.1 Å². The number of rotatable bonds is 7. The fourth-order valence-corrected chi connectivity index (χ4v) is 4.29. The molecule has 5 nitrogen and oxygen atoms in total. The second-order valence-electron chi connectivity index (χ2n) is 7.35. The lowest BCUT2D eigenvalue weighted by molar-refractivity contribution is 0.203. The van der Waals surface area contributed by atoms with Gasteiger partial charge in [-0.15, -0.1) is 11.3 Å².